The lowest BCUT2D eigenvalue weighted by Crippen LogP contribution is -2.39. The van der Waals surface area contributed by atoms with E-state index in [0.717, 1.165) is 71.2 Å². The molecule has 1 N–H and O–H groups in total. The molecule has 0 saturated carbocycles. The summed E-state index contributed by atoms with van der Waals surface area (Å²) in [6.07, 6.45) is 3.65. The molecule has 0 atom stereocenters. The van der Waals surface area contributed by atoms with Gasteiger partial charge < -0.3 is 15.0 Å². The van der Waals surface area contributed by atoms with Crippen molar-refractivity contribution >= 4 is 17.6 Å². The molecule has 2 heterocycles. The molecule has 0 saturated heterocycles. The number of nitrogens with zero attached hydrogens (tertiary/aromatic N) is 7. The van der Waals surface area contributed by atoms with Gasteiger partial charge in [-0.1, -0.05) is 190 Å². The monoisotopic (exact) mass is 848 g/mol. The number of tetrazole rings is 1. The number of nitrogens with one attached hydrogen (secondary N) is 1. The van der Waals surface area contributed by atoms with Crippen LogP contribution >= 0.6 is 0 Å². The molecule has 0 spiro atoms. The predicted octanol–water partition coefficient (Wildman–Crippen LogP) is 11.1. The van der Waals surface area contributed by atoms with Crippen LogP contribution in [0.25, 0.3) is 22.5 Å². The van der Waals surface area contributed by atoms with Gasteiger partial charge in [0.25, 0.3) is 0 Å². The van der Waals surface area contributed by atoms with Gasteiger partial charge in [0.2, 0.25) is 0 Å². The Morgan fingerprint density at radius 2 is 1.25 bits per heavy atom. The first-order chi connectivity index (χ1) is 31.6. The summed E-state index contributed by atoms with van der Waals surface area (Å²) in [5.41, 5.74) is 7.95. The standard InChI is InChI=1S/C54H56N8O2/c1-4-7-37-55-51-49(53(63)64-6-3)52(57-61(51)39-36-41-22-12-8-13-23-41)60(38-5-2)40-42-32-34-43(35-33-42)47-30-20-21-31-48(47)50-56-58-59-62(50)54(44-24-14-9-15-25-44,45-26-16-10-17-27-45)46-28-18-11-19-29-46/h8-35,55H,4-7,36-40H2,1-3H3. The molecule has 10 heteroatoms. The van der Waals surface area contributed by atoms with Crippen molar-refractivity contribution in [2.24, 2.45) is 0 Å². The van der Waals surface area contributed by atoms with Gasteiger partial charge >= 0.3 is 5.97 Å². The fraction of sp³-hybridized carbons (Fsp3) is 0.241. The number of carbonyl (C=O) groups excluding carboxylic acids is 1. The lowest BCUT2D eigenvalue weighted by atomic mass is 9.77. The van der Waals surface area contributed by atoms with Gasteiger partial charge in [0.1, 0.15) is 16.9 Å². The summed E-state index contributed by atoms with van der Waals surface area (Å²) >= 11 is 0. The second-order valence-corrected chi connectivity index (χ2v) is 15.9. The Labute approximate surface area is 376 Å². The molecule has 2 aromatic heterocycles. The van der Waals surface area contributed by atoms with Crippen LogP contribution in [-0.4, -0.2) is 55.7 Å². The molecule has 8 rings (SSSR count). The van der Waals surface area contributed by atoms with Crippen LogP contribution in [0.15, 0.2) is 170 Å². The van der Waals surface area contributed by atoms with Gasteiger partial charge in [-0.2, -0.15) is 5.10 Å². The molecule has 0 radical (unpaired) electrons. The van der Waals surface area contributed by atoms with E-state index in [0.29, 0.717) is 42.7 Å². The predicted molar refractivity (Wildman–Crippen MR) is 256 cm³/mol. The van der Waals surface area contributed by atoms with Crippen LogP contribution in [0.5, 0.6) is 0 Å². The Bertz CT molecular complexity index is 2600. The van der Waals surface area contributed by atoms with Gasteiger partial charge in [0.15, 0.2) is 11.6 Å². The number of hydrogen-bond acceptors (Lipinski definition) is 8. The van der Waals surface area contributed by atoms with Gasteiger partial charge in [-0.15, -0.1) is 5.10 Å². The van der Waals surface area contributed by atoms with Gasteiger partial charge in [-0.25, -0.2) is 14.2 Å². The Hall–Kier alpha value is -7.33. The number of hydrogen-bond donors (Lipinski definition) is 1. The fourth-order valence-electron chi connectivity index (χ4n) is 8.62. The topological polar surface area (TPSA) is 103 Å². The van der Waals surface area contributed by atoms with E-state index in [9.17, 15) is 4.79 Å². The summed E-state index contributed by atoms with van der Waals surface area (Å²) in [6.45, 7) is 9.04. The van der Waals surface area contributed by atoms with Crippen LogP contribution in [0.1, 0.15) is 78.2 Å². The minimum Gasteiger partial charge on any atom is -0.462 e. The van der Waals surface area contributed by atoms with Crippen LogP contribution in [0.3, 0.4) is 0 Å². The highest BCUT2D eigenvalue weighted by Crippen LogP contribution is 2.43. The molecule has 64 heavy (non-hydrogen) atoms. The van der Waals surface area contributed by atoms with E-state index in [1.54, 1.807) is 0 Å². The van der Waals surface area contributed by atoms with Crippen LogP contribution in [-0.2, 0) is 29.8 Å². The van der Waals surface area contributed by atoms with Gasteiger partial charge in [-0.05, 0) is 75.6 Å². The second-order valence-electron chi connectivity index (χ2n) is 15.9. The average Bonchev–Trinajstić information content (AvgIpc) is 3.99. The highest BCUT2D eigenvalue weighted by atomic mass is 16.5. The van der Waals surface area contributed by atoms with Crippen LogP contribution in [0.2, 0.25) is 0 Å². The number of esters is 1. The van der Waals surface area contributed by atoms with Gasteiger partial charge in [0.05, 0.1) is 6.61 Å². The molecular weight excluding hydrogens is 793 g/mol. The van der Waals surface area contributed by atoms with E-state index in [1.807, 2.05) is 46.6 Å². The van der Waals surface area contributed by atoms with Crippen molar-refractivity contribution in [3.8, 4) is 22.5 Å². The first-order valence-corrected chi connectivity index (χ1v) is 22.5. The number of anilines is 2. The molecule has 0 aliphatic carbocycles. The number of benzene rings is 6. The zero-order chi connectivity index (χ0) is 44.1. The number of unbranched alkanes of at least 4 members (excludes halogenated alkanes) is 1. The summed E-state index contributed by atoms with van der Waals surface area (Å²) in [4.78, 5) is 16.1. The largest absolute Gasteiger partial charge is 0.462 e. The molecule has 0 amide bonds. The maximum Gasteiger partial charge on any atom is 0.345 e. The third kappa shape index (κ3) is 9.08. The van der Waals surface area contributed by atoms with Crippen molar-refractivity contribution < 1.29 is 9.53 Å². The number of carbonyl (C=O) groups is 1. The summed E-state index contributed by atoms with van der Waals surface area (Å²) in [6, 6.07) is 58.7. The van der Waals surface area contributed by atoms with E-state index < -0.39 is 5.54 Å². The Kier molecular flexibility index (Phi) is 14.0. The maximum absolute atomic E-state index is 13.9. The van der Waals surface area contributed by atoms with E-state index in [2.05, 4.69) is 169 Å². The number of aromatic nitrogens is 6. The third-order valence-corrected chi connectivity index (χ3v) is 11.7. The highest BCUT2D eigenvalue weighted by Gasteiger charge is 2.42. The van der Waals surface area contributed by atoms with Gasteiger partial charge in [-0.3, -0.25) is 0 Å². The number of rotatable bonds is 20. The van der Waals surface area contributed by atoms with Crippen molar-refractivity contribution in [3.63, 3.8) is 0 Å². The number of ether oxygens (including phenoxy) is 1. The lowest BCUT2D eigenvalue weighted by molar-refractivity contribution is 0.0528. The summed E-state index contributed by atoms with van der Waals surface area (Å²) < 4.78 is 9.65. The highest BCUT2D eigenvalue weighted by molar-refractivity contribution is 6.00. The average molecular weight is 849 g/mol. The molecule has 6 aromatic carbocycles. The first kappa shape index (κ1) is 43.3. The van der Waals surface area contributed by atoms with Crippen molar-refractivity contribution in [1.82, 2.24) is 30.0 Å². The summed E-state index contributed by atoms with van der Waals surface area (Å²) in [7, 11) is 0. The summed E-state index contributed by atoms with van der Waals surface area (Å²) in [5.74, 6) is 1.62. The maximum atomic E-state index is 13.9. The van der Waals surface area contributed by atoms with Gasteiger partial charge in [0, 0.05) is 31.7 Å². The molecule has 0 unspecified atom stereocenters. The zero-order valence-electron chi connectivity index (χ0n) is 37.0. The lowest BCUT2D eigenvalue weighted by Gasteiger charge is -2.36. The molecule has 324 valence electrons. The molecule has 0 aliphatic rings. The zero-order valence-corrected chi connectivity index (χ0v) is 37.0. The second kappa shape index (κ2) is 20.7. The first-order valence-electron chi connectivity index (χ1n) is 22.5. The van der Waals surface area contributed by atoms with Crippen LogP contribution in [0.4, 0.5) is 11.6 Å². The molecule has 8 aromatic rings. The van der Waals surface area contributed by atoms with E-state index >= 15 is 0 Å². The van der Waals surface area contributed by atoms with Crippen LogP contribution in [0, 0.1) is 0 Å². The minimum atomic E-state index is -0.884. The Morgan fingerprint density at radius 3 is 1.83 bits per heavy atom. The number of aryl methyl sites for hydroxylation is 2. The van der Waals surface area contributed by atoms with Crippen molar-refractivity contribution in [2.45, 2.75) is 65.1 Å². The smallest absolute Gasteiger partial charge is 0.345 e. The molecular formula is C54H56N8O2. The third-order valence-electron chi connectivity index (χ3n) is 11.7. The normalized spacial score (nSPS) is 11.4. The molecule has 0 aliphatic heterocycles. The van der Waals surface area contributed by atoms with E-state index in [-0.39, 0.29) is 12.6 Å². The SMILES string of the molecule is CCCCNc1c(C(=O)OCC)c(N(CCC)Cc2ccc(-c3ccccc3-c3nnnn3C(c3ccccc3)(c3ccccc3)c3ccccc3)cc2)nn1CCc1ccccc1. The van der Waals surface area contributed by atoms with Crippen LogP contribution < -0.4 is 10.2 Å². The fourth-order valence-corrected chi connectivity index (χ4v) is 8.62. The van der Waals surface area contributed by atoms with E-state index in [4.69, 9.17) is 20.1 Å². The Morgan fingerprint density at radius 1 is 0.672 bits per heavy atom. The Balaban J connectivity index is 1.16. The summed E-state index contributed by atoms with van der Waals surface area (Å²) in [5, 5.41) is 22.7. The molecule has 0 bridgehead atoms. The van der Waals surface area contributed by atoms with E-state index in [1.165, 1.54) is 5.56 Å². The van der Waals surface area contributed by atoms with Crippen molar-refractivity contribution in [1.29, 1.82) is 0 Å². The van der Waals surface area contributed by atoms with Crippen molar-refractivity contribution in [2.75, 3.05) is 29.9 Å². The van der Waals surface area contributed by atoms with Crippen molar-refractivity contribution in [3.05, 3.63) is 203 Å². The minimum absolute atomic E-state index is 0.275. The molecule has 0 fully saturated rings. The molecule has 10 nitrogen and oxygen atoms in total. The quantitative estimate of drug-likeness (QED) is 0.0459.